The number of hydrogen-bond acceptors (Lipinski definition) is 5. The lowest BCUT2D eigenvalue weighted by Crippen LogP contribution is -1.84. The molecule has 0 saturated carbocycles. The molecule has 0 fully saturated rings. The summed E-state index contributed by atoms with van der Waals surface area (Å²) in [5.74, 6) is 0.478. The third kappa shape index (κ3) is 2.33. The number of hydrogen-bond donors (Lipinski definition) is 1. The van der Waals surface area contributed by atoms with Crippen LogP contribution in [0.2, 0.25) is 5.02 Å². The van der Waals surface area contributed by atoms with Crippen LogP contribution in [0.1, 0.15) is 5.69 Å². The molecule has 110 valence electrons. The molecule has 0 saturated heterocycles. The van der Waals surface area contributed by atoms with E-state index in [1.807, 2.05) is 30.3 Å². The van der Waals surface area contributed by atoms with Gasteiger partial charge in [0.05, 0.1) is 0 Å². The van der Waals surface area contributed by atoms with E-state index in [1.54, 1.807) is 18.2 Å². The molecule has 1 N–H and O–H groups in total. The fraction of sp³-hybridized carbons (Fsp3) is 0. The third-order valence-electron chi connectivity index (χ3n) is 3.39. The first-order chi connectivity index (χ1) is 11.2. The maximum absolute atomic E-state index is 9.07. The van der Waals surface area contributed by atoms with Gasteiger partial charge in [0.1, 0.15) is 17.3 Å². The van der Waals surface area contributed by atoms with Gasteiger partial charge >= 0.3 is 0 Å². The number of H-pyrrole nitrogens is 1. The molecule has 0 unspecified atom stereocenters. The Morgan fingerprint density at radius 1 is 1.13 bits per heavy atom. The first-order valence-corrected chi connectivity index (χ1v) is 7.10. The molecule has 2 heterocycles. The van der Waals surface area contributed by atoms with Gasteiger partial charge in [0.25, 0.3) is 0 Å². The standard InChI is InChI=1S/C16H8ClN5O/c17-11-4-5-12-14(7-11)23-16(19-12)10-3-1-2-9(6-10)15-13(8-18)20-22-21-15/h1-7H,(H,20,21,22). The number of nitrogens with zero attached hydrogens (tertiary/aromatic N) is 4. The van der Waals surface area contributed by atoms with Crippen LogP contribution >= 0.6 is 11.6 Å². The maximum Gasteiger partial charge on any atom is 0.227 e. The molecule has 0 aliphatic rings. The highest BCUT2D eigenvalue weighted by Crippen LogP contribution is 2.29. The van der Waals surface area contributed by atoms with E-state index in [-0.39, 0.29) is 0 Å². The average molecular weight is 322 g/mol. The molecule has 0 spiro atoms. The van der Waals surface area contributed by atoms with E-state index in [4.69, 9.17) is 21.3 Å². The first-order valence-electron chi connectivity index (χ1n) is 6.72. The molecule has 0 bridgehead atoms. The van der Waals surface area contributed by atoms with Gasteiger partial charge in [-0.3, -0.25) is 0 Å². The number of rotatable bonds is 2. The Hall–Kier alpha value is -3.17. The zero-order chi connectivity index (χ0) is 15.8. The van der Waals surface area contributed by atoms with Crippen molar-refractivity contribution in [3.63, 3.8) is 0 Å². The van der Waals surface area contributed by atoms with Crippen molar-refractivity contribution in [2.24, 2.45) is 0 Å². The Kier molecular flexibility index (Phi) is 3.07. The van der Waals surface area contributed by atoms with Crippen LogP contribution in [-0.4, -0.2) is 20.4 Å². The molecule has 0 radical (unpaired) electrons. The molecular formula is C16H8ClN5O. The summed E-state index contributed by atoms with van der Waals surface area (Å²) >= 11 is 5.96. The van der Waals surface area contributed by atoms with E-state index < -0.39 is 0 Å². The molecule has 0 atom stereocenters. The number of halogens is 1. The van der Waals surface area contributed by atoms with Crippen LogP contribution in [0, 0.1) is 11.3 Å². The fourth-order valence-electron chi connectivity index (χ4n) is 2.33. The van der Waals surface area contributed by atoms with Crippen LogP contribution in [0.3, 0.4) is 0 Å². The number of benzene rings is 2. The monoisotopic (exact) mass is 321 g/mol. The molecule has 4 rings (SSSR count). The molecule has 0 aliphatic heterocycles. The summed E-state index contributed by atoms with van der Waals surface area (Å²) in [5, 5.41) is 19.8. The Bertz CT molecular complexity index is 1060. The Morgan fingerprint density at radius 2 is 2.00 bits per heavy atom. The molecule has 2 aromatic heterocycles. The van der Waals surface area contributed by atoms with Crippen LogP contribution < -0.4 is 0 Å². The topological polar surface area (TPSA) is 91.4 Å². The van der Waals surface area contributed by atoms with Gasteiger partial charge in [0.15, 0.2) is 11.3 Å². The van der Waals surface area contributed by atoms with Crippen LogP contribution in [-0.2, 0) is 0 Å². The molecule has 23 heavy (non-hydrogen) atoms. The summed E-state index contributed by atoms with van der Waals surface area (Å²) in [4.78, 5) is 4.45. The lowest BCUT2D eigenvalue weighted by Gasteiger charge is -1.99. The minimum absolute atomic E-state index is 0.312. The first kappa shape index (κ1) is 13.5. The van der Waals surface area contributed by atoms with Crippen molar-refractivity contribution in [1.82, 2.24) is 20.4 Å². The highest BCUT2D eigenvalue weighted by Gasteiger charge is 2.13. The highest BCUT2D eigenvalue weighted by atomic mass is 35.5. The number of aromatic nitrogens is 4. The van der Waals surface area contributed by atoms with E-state index in [0.717, 1.165) is 16.6 Å². The summed E-state index contributed by atoms with van der Waals surface area (Å²) in [6.45, 7) is 0. The van der Waals surface area contributed by atoms with Gasteiger partial charge in [-0.2, -0.15) is 5.26 Å². The van der Waals surface area contributed by atoms with Crippen molar-refractivity contribution < 1.29 is 4.42 Å². The van der Waals surface area contributed by atoms with Gasteiger partial charge in [-0.05, 0) is 24.3 Å². The zero-order valence-corrected chi connectivity index (χ0v) is 12.4. The maximum atomic E-state index is 9.07. The molecule has 0 aliphatic carbocycles. The van der Waals surface area contributed by atoms with E-state index in [9.17, 15) is 0 Å². The van der Waals surface area contributed by atoms with Gasteiger partial charge in [-0.15, -0.1) is 5.10 Å². The predicted octanol–water partition coefficient (Wildman–Crippen LogP) is 3.80. The summed E-state index contributed by atoms with van der Waals surface area (Å²) in [6.07, 6.45) is 0. The number of nitrogens with one attached hydrogen (secondary N) is 1. The number of fused-ring (bicyclic) bond motifs is 1. The predicted molar refractivity (Wildman–Crippen MR) is 84.5 cm³/mol. The molecule has 4 aromatic rings. The van der Waals surface area contributed by atoms with Gasteiger partial charge < -0.3 is 4.42 Å². The number of nitriles is 1. The molecular weight excluding hydrogens is 314 g/mol. The lowest BCUT2D eigenvalue weighted by molar-refractivity contribution is 0.620. The van der Waals surface area contributed by atoms with Crippen LogP contribution in [0.15, 0.2) is 46.9 Å². The quantitative estimate of drug-likeness (QED) is 0.606. The van der Waals surface area contributed by atoms with Crippen molar-refractivity contribution in [1.29, 1.82) is 5.26 Å². The van der Waals surface area contributed by atoms with Crippen LogP contribution in [0.25, 0.3) is 33.8 Å². The number of oxazole rings is 1. The zero-order valence-electron chi connectivity index (χ0n) is 11.6. The summed E-state index contributed by atoms with van der Waals surface area (Å²) in [7, 11) is 0. The molecule has 0 amide bonds. The average Bonchev–Trinajstić information content (AvgIpc) is 3.21. The van der Waals surface area contributed by atoms with Gasteiger partial charge in [0.2, 0.25) is 5.89 Å². The minimum Gasteiger partial charge on any atom is -0.436 e. The summed E-state index contributed by atoms with van der Waals surface area (Å²) < 4.78 is 5.76. The molecule has 7 heteroatoms. The minimum atomic E-state index is 0.312. The van der Waals surface area contributed by atoms with Gasteiger partial charge in [-0.1, -0.05) is 28.9 Å². The second kappa shape index (κ2) is 5.23. The Balaban J connectivity index is 1.83. The van der Waals surface area contributed by atoms with Crippen molar-refractivity contribution in [2.75, 3.05) is 0 Å². The van der Waals surface area contributed by atoms with Crippen LogP contribution in [0.4, 0.5) is 0 Å². The SMILES string of the molecule is N#Cc1[nH]nnc1-c1cccc(-c2nc3ccc(Cl)cc3o2)c1. The second-order valence-corrected chi connectivity index (χ2v) is 5.30. The van der Waals surface area contributed by atoms with Gasteiger partial charge in [0, 0.05) is 22.2 Å². The summed E-state index contributed by atoms with van der Waals surface area (Å²) in [5.41, 5.74) is 3.70. The third-order valence-corrected chi connectivity index (χ3v) is 3.63. The van der Waals surface area contributed by atoms with Gasteiger partial charge in [-0.25, -0.2) is 10.1 Å². The van der Waals surface area contributed by atoms with Crippen molar-refractivity contribution in [3.05, 3.63) is 53.2 Å². The van der Waals surface area contributed by atoms with Crippen LogP contribution in [0.5, 0.6) is 0 Å². The van der Waals surface area contributed by atoms with E-state index >= 15 is 0 Å². The fourth-order valence-corrected chi connectivity index (χ4v) is 2.49. The van der Waals surface area contributed by atoms with E-state index in [1.165, 1.54) is 0 Å². The van der Waals surface area contributed by atoms with E-state index in [0.29, 0.717) is 27.9 Å². The smallest absolute Gasteiger partial charge is 0.227 e. The second-order valence-electron chi connectivity index (χ2n) is 4.86. The Morgan fingerprint density at radius 3 is 2.87 bits per heavy atom. The highest BCUT2D eigenvalue weighted by molar-refractivity contribution is 6.31. The molecule has 2 aromatic carbocycles. The lowest BCUT2D eigenvalue weighted by atomic mass is 10.1. The normalized spacial score (nSPS) is 10.8. The Labute approximate surface area is 135 Å². The van der Waals surface area contributed by atoms with E-state index in [2.05, 4.69) is 20.4 Å². The molecule has 6 nitrogen and oxygen atoms in total. The van der Waals surface area contributed by atoms with Crippen molar-refractivity contribution in [3.8, 4) is 28.8 Å². The van der Waals surface area contributed by atoms with Crippen molar-refractivity contribution >= 4 is 22.7 Å². The summed E-state index contributed by atoms with van der Waals surface area (Å²) in [6, 6.07) is 14.7. The number of aromatic amines is 1. The van der Waals surface area contributed by atoms with Crippen molar-refractivity contribution in [2.45, 2.75) is 0 Å². The largest absolute Gasteiger partial charge is 0.436 e.